The number of benzene rings is 1. The monoisotopic (exact) mass is 599 g/mol. The standard InChI is InChI=1S/C28H30ClN5O6S/c1-18-4-6-25(22(29)12-18)41(36,37)32-23-13-21(14-31-27(23)38-3)20-5-7-26-30-15-24(28(35)34(26)17-20)40-11-9-33-8-10-39-19(2)16-33/h4-7,12-15,17,19,32H,8-11,16H2,1-3H3. The first-order valence-corrected chi connectivity index (χ1v) is 14.8. The van der Waals surface area contributed by atoms with Crippen molar-refractivity contribution in [3.05, 3.63) is 75.9 Å². The molecule has 0 bridgehead atoms. The van der Waals surface area contributed by atoms with Crippen LogP contribution in [0.1, 0.15) is 12.5 Å². The SMILES string of the molecule is COc1ncc(-c2ccc3ncc(OCCN4CCOC(C)C4)c(=O)n3c2)cc1NS(=O)(=O)c1ccc(C)cc1Cl. The average molecular weight is 600 g/mol. The second-order valence-electron chi connectivity index (χ2n) is 9.72. The van der Waals surface area contributed by atoms with E-state index in [9.17, 15) is 13.2 Å². The molecule has 0 spiro atoms. The number of sulfonamides is 1. The van der Waals surface area contributed by atoms with Crippen molar-refractivity contribution in [1.82, 2.24) is 19.3 Å². The number of morpholine rings is 1. The highest BCUT2D eigenvalue weighted by atomic mass is 35.5. The van der Waals surface area contributed by atoms with Crippen molar-refractivity contribution >= 4 is 33.0 Å². The van der Waals surface area contributed by atoms with Gasteiger partial charge in [0.2, 0.25) is 11.6 Å². The van der Waals surface area contributed by atoms with Crippen LogP contribution >= 0.6 is 11.6 Å². The summed E-state index contributed by atoms with van der Waals surface area (Å²) in [5, 5.41) is 0.0968. The normalized spacial score (nSPS) is 16.0. The number of hydrogen-bond acceptors (Lipinski definition) is 9. The topological polar surface area (TPSA) is 124 Å². The molecule has 13 heteroatoms. The number of ether oxygens (including phenoxy) is 3. The highest BCUT2D eigenvalue weighted by molar-refractivity contribution is 7.92. The van der Waals surface area contributed by atoms with Crippen molar-refractivity contribution in [3.8, 4) is 22.8 Å². The van der Waals surface area contributed by atoms with E-state index in [0.29, 0.717) is 36.5 Å². The summed E-state index contributed by atoms with van der Waals surface area (Å²) < 4.78 is 46.9. The minimum Gasteiger partial charge on any atom is -0.485 e. The third-order valence-corrected chi connectivity index (χ3v) is 8.51. The van der Waals surface area contributed by atoms with Gasteiger partial charge in [-0.15, -0.1) is 0 Å². The average Bonchev–Trinajstić information content (AvgIpc) is 2.94. The highest BCUT2D eigenvalue weighted by Crippen LogP contribution is 2.32. The first kappa shape index (κ1) is 28.8. The van der Waals surface area contributed by atoms with Gasteiger partial charge in [0, 0.05) is 43.2 Å². The summed E-state index contributed by atoms with van der Waals surface area (Å²) in [6.45, 7) is 7.16. The number of rotatable bonds is 9. The fourth-order valence-electron chi connectivity index (χ4n) is 4.58. The van der Waals surface area contributed by atoms with E-state index in [4.69, 9.17) is 25.8 Å². The maximum absolute atomic E-state index is 13.2. The lowest BCUT2D eigenvalue weighted by Crippen LogP contribution is -2.42. The maximum atomic E-state index is 13.2. The minimum absolute atomic E-state index is 0.0729. The molecule has 1 fully saturated rings. The van der Waals surface area contributed by atoms with Gasteiger partial charge in [-0.2, -0.15) is 0 Å². The van der Waals surface area contributed by atoms with Gasteiger partial charge in [-0.1, -0.05) is 17.7 Å². The van der Waals surface area contributed by atoms with E-state index in [1.807, 2.05) is 13.8 Å². The van der Waals surface area contributed by atoms with Gasteiger partial charge in [0.1, 0.15) is 22.8 Å². The van der Waals surface area contributed by atoms with Gasteiger partial charge in [-0.25, -0.2) is 18.4 Å². The Balaban J connectivity index is 1.41. The van der Waals surface area contributed by atoms with Crippen molar-refractivity contribution in [2.45, 2.75) is 24.8 Å². The third-order valence-electron chi connectivity index (χ3n) is 6.66. The summed E-state index contributed by atoms with van der Waals surface area (Å²) in [4.78, 5) is 24.0. The fraction of sp³-hybridized carbons (Fsp3) is 0.321. The number of aromatic nitrogens is 3. The Hall–Kier alpha value is -3.71. The van der Waals surface area contributed by atoms with E-state index in [1.165, 1.54) is 30.0 Å². The van der Waals surface area contributed by atoms with E-state index < -0.39 is 10.0 Å². The summed E-state index contributed by atoms with van der Waals surface area (Å²) >= 11 is 6.22. The maximum Gasteiger partial charge on any atom is 0.300 e. The second kappa shape index (κ2) is 12.0. The zero-order valence-electron chi connectivity index (χ0n) is 22.8. The molecule has 1 unspecified atom stereocenters. The molecule has 0 amide bonds. The number of nitrogens with zero attached hydrogens (tertiary/aromatic N) is 4. The lowest BCUT2D eigenvalue weighted by Gasteiger charge is -2.30. The van der Waals surface area contributed by atoms with Gasteiger partial charge < -0.3 is 14.2 Å². The predicted octanol–water partition coefficient (Wildman–Crippen LogP) is 3.63. The van der Waals surface area contributed by atoms with Crippen LogP contribution in [0.25, 0.3) is 16.8 Å². The van der Waals surface area contributed by atoms with Gasteiger partial charge in [-0.3, -0.25) is 18.8 Å². The zero-order valence-corrected chi connectivity index (χ0v) is 24.4. The zero-order chi connectivity index (χ0) is 29.1. The summed E-state index contributed by atoms with van der Waals surface area (Å²) in [5.41, 5.74) is 2.16. The van der Waals surface area contributed by atoms with Crippen molar-refractivity contribution in [2.24, 2.45) is 0 Å². The van der Waals surface area contributed by atoms with E-state index in [0.717, 1.165) is 18.7 Å². The smallest absolute Gasteiger partial charge is 0.300 e. The minimum atomic E-state index is -4.05. The van der Waals surface area contributed by atoms with Crippen molar-refractivity contribution in [3.63, 3.8) is 0 Å². The van der Waals surface area contributed by atoms with E-state index in [-0.39, 0.29) is 38.9 Å². The van der Waals surface area contributed by atoms with Crippen molar-refractivity contribution < 1.29 is 22.6 Å². The summed E-state index contributed by atoms with van der Waals surface area (Å²) in [6, 6.07) is 9.71. The highest BCUT2D eigenvalue weighted by Gasteiger charge is 2.21. The molecule has 4 aromatic rings. The van der Waals surface area contributed by atoms with Gasteiger partial charge in [0.05, 0.1) is 31.0 Å². The second-order valence-corrected chi connectivity index (χ2v) is 11.8. The van der Waals surface area contributed by atoms with Crippen LogP contribution in [0, 0.1) is 6.92 Å². The van der Waals surface area contributed by atoms with E-state index >= 15 is 0 Å². The van der Waals surface area contributed by atoms with Crippen LogP contribution in [-0.4, -0.2) is 73.7 Å². The van der Waals surface area contributed by atoms with Crippen LogP contribution in [0.3, 0.4) is 0 Å². The molecule has 1 atom stereocenters. The molecular weight excluding hydrogens is 570 g/mol. The quantitative estimate of drug-likeness (QED) is 0.307. The van der Waals surface area contributed by atoms with E-state index in [2.05, 4.69) is 19.6 Å². The van der Waals surface area contributed by atoms with Gasteiger partial charge in [0.15, 0.2) is 0 Å². The largest absolute Gasteiger partial charge is 0.485 e. The Labute approximate surface area is 242 Å². The Morgan fingerprint density at radius 2 is 1.98 bits per heavy atom. The molecule has 0 radical (unpaired) electrons. The number of pyridine rings is 2. The predicted molar refractivity (Wildman–Crippen MR) is 156 cm³/mol. The Bertz CT molecular complexity index is 1750. The molecule has 216 valence electrons. The van der Waals surface area contributed by atoms with Crippen LogP contribution in [0.4, 0.5) is 5.69 Å². The third kappa shape index (κ3) is 6.46. The Morgan fingerprint density at radius 1 is 1.15 bits per heavy atom. The lowest BCUT2D eigenvalue weighted by molar-refractivity contribution is -0.0214. The van der Waals surface area contributed by atoms with Crippen LogP contribution in [0.2, 0.25) is 5.02 Å². The molecule has 0 saturated carbocycles. The van der Waals surface area contributed by atoms with Crippen LogP contribution in [-0.2, 0) is 14.8 Å². The van der Waals surface area contributed by atoms with Crippen molar-refractivity contribution in [1.29, 1.82) is 0 Å². The molecule has 4 heterocycles. The molecule has 5 rings (SSSR count). The van der Waals surface area contributed by atoms with Gasteiger partial charge >= 0.3 is 0 Å². The Kier molecular flexibility index (Phi) is 8.45. The van der Waals surface area contributed by atoms with Crippen molar-refractivity contribution in [2.75, 3.05) is 44.7 Å². The van der Waals surface area contributed by atoms with E-state index in [1.54, 1.807) is 36.5 Å². The molecule has 1 saturated heterocycles. The number of hydrogen-bond donors (Lipinski definition) is 1. The number of halogens is 1. The molecule has 1 aromatic carbocycles. The molecule has 11 nitrogen and oxygen atoms in total. The number of anilines is 1. The van der Waals surface area contributed by atoms with Crippen LogP contribution in [0.15, 0.2) is 64.7 Å². The van der Waals surface area contributed by atoms with Gasteiger partial charge in [-0.05, 0) is 49.7 Å². The Morgan fingerprint density at radius 3 is 2.73 bits per heavy atom. The molecule has 0 aliphatic carbocycles. The molecule has 1 aliphatic rings. The van der Waals surface area contributed by atoms with Crippen LogP contribution in [0.5, 0.6) is 11.6 Å². The number of fused-ring (bicyclic) bond motifs is 1. The molecular formula is C28H30ClN5O6S. The first-order chi connectivity index (χ1) is 19.6. The van der Waals surface area contributed by atoms with Crippen LogP contribution < -0.4 is 19.8 Å². The summed E-state index contributed by atoms with van der Waals surface area (Å²) in [6.07, 6.45) is 4.73. The lowest BCUT2D eigenvalue weighted by atomic mass is 10.1. The fourth-order valence-corrected chi connectivity index (χ4v) is 6.23. The summed E-state index contributed by atoms with van der Waals surface area (Å²) in [5.74, 6) is 0.211. The summed E-state index contributed by atoms with van der Waals surface area (Å²) in [7, 11) is -2.66. The number of aryl methyl sites for hydroxylation is 1. The number of nitrogens with one attached hydrogen (secondary N) is 1. The molecule has 3 aromatic heterocycles. The first-order valence-electron chi connectivity index (χ1n) is 13.0. The molecule has 1 aliphatic heterocycles. The molecule has 41 heavy (non-hydrogen) atoms. The van der Waals surface area contributed by atoms with Gasteiger partial charge in [0.25, 0.3) is 15.6 Å². The molecule has 1 N–H and O–H groups in total. The number of methoxy groups -OCH3 is 1.